The van der Waals surface area contributed by atoms with Crippen LogP contribution in [0.3, 0.4) is 0 Å². The van der Waals surface area contributed by atoms with Gasteiger partial charge in [-0.05, 0) is 26.0 Å². The quantitative estimate of drug-likeness (QED) is 0.328. The van der Waals surface area contributed by atoms with Crippen molar-refractivity contribution in [2.45, 2.75) is 13.8 Å². The Kier molecular flexibility index (Phi) is 7.38. The van der Waals surface area contributed by atoms with Crippen molar-refractivity contribution in [3.8, 4) is 22.6 Å². The number of aromatic nitrogens is 1. The van der Waals surface area contributed by atoms with E-state index in [-0.39, 0.29) is 36.6 Å². The zero-order chi connectivity index (χ0) is 21.6. The first kappa shape index (κ1) is 22.0. The van der Waals surface area contributed by atoms with E-state index < -0.39 is 17.7 Å². The number of aliphatic hydroxyl groups is 1. The summed E-state index contributed by atoms with van der Waals surface area (Å²) in [5.41, 5.74) is 1.04. The molecule has 1 amide bonds. The summed E-state index contributed by atoms with van der Waals surface area (Å²) >= 11 is 0. The van der Waals surface area contributed by atoms with E-state index in [1.165, 1.54) is 14.2 Å². The topological polar surface area (TPSA) is 127 Å². The van der Waals surface area contributed by atoms with Crippen molar-refractivity contribution in [3.63, 3.8) is 0 Å². The molecule has 1 aromatic heterocycles. The number of benzene rings is 1. The molecule has 0 spiro atoms. The Morgan fingerprint density at radius 1 is 1.17 bits per heavy atom. The van der Waals surface area contributed by atoms with E-state index in [4.69, 9.17) is 19.3 Å². The lowest BCUT2D eigenvalue weighted by molar-refractivity contribution is -0.117. The second-order valence-electron chi connectivity index (χ2n) is 5.97. The van der Waals surface area contributed by atoms with E-state index >= 15 is 0 Å². The van der Waals surface area contributed by atoms with Crippen LogP contribution in [0, 0.1) is 6.92 Å². The third-order valence-corrected chi connectivity index (χ3v) is 4.18. The molecule has 0 aliphatic carbocycles. The van der Waals surface area contributed by atoms with Crippen molar-refractivity contribution in [1.29, 1.82) is 0 Å². The summed E-state index contributed by atoms with van der Waals surface area (Å²) in [6, 6.07) is 4.88. The van der Waals surface area contributed by atoms with E-state index in [1.54, 1.807) is 32.0 Å². The molecule has 0 aliphatic rings. The lowest BCUT2D eigenvalue weighted by atomic mass is 9.97. The van der Waals surface area contributed by atoms with E-state index in [0.717, 1.165) is 0 Å². The summed E-state index contributed by atoms with van der Waals surface area (Å²) in [5, 5.41) is 11.2. The molecule has 2 aromatic rings. The van der Waals surface area contributed by atoms with Gasteiger partial charge in [0.2, 0.25) is 0 Å². The van der Waals surface area contributed by atoms with E-state index in [2.05, 4.69) is 10.3 Å². The second-order valence-corrected chi connectivity index (χ2v) is 5.97. The van der Waals surface area contributed by atoms with Gasteiger partial charge in [-0.25, -0.2) is 4.79 Å². The molecule has 9 heteroatoms. The van der Waals surface area contributed by atoms with Crippen LogP contribution in [0.5, 0.6) is 11.5 Å². The van der Waals surface area contributed by atoms with Gasteiger partial charge in [0.15, 0.2) is 0 Å². The Bertz CT molecular complexity index is 918. The van der Waals surface area contributed by atoms with Crippen LogP contribution in [0.25, 0.3) is 11.1 Å². The fourth-order valence-corrected chi connectivity index (χ4v) is 2.89. The Hall–Kier alpha value is -3.33. The van der Waals surface area contributed by atoms with Crippen LogP contribution in [-0.4, -0.2) is 61.7 Å². The second kappa shape index (κ2) is 9.74. The Balaban J connectivity index is 2.72. The third-order valence-electron chi connectivity index (χ3n) is 4.18. The number of ether oxygens (including phenoxy) is 3. The van der Waals surface area contributed by atoms with Crippen molar-refractivity contribution in [3.05, 3.63) is 35.2 Å². The van der Waals surface area contributed by atoms with E-state index in [0.29, 0.717) is 22.8 Å². The fraction of sp³-hybridized carbons (Fsp3) is 0.350. The zero-order valence-electron chi connectivity index (χ0n) is 16.8. The number of aliphatic hydroxyl groups excluding tert-OH is 1. The minimum Gasteiger partial charge on any atom is -0.497 e. The first-order chi connectivity index (χ1) is 13.9. The number of hydrogen-bond acceptors (Lipinski definition) is 7. The van der Waals surface area contributed by atoms with Crippen molar-refractivity contribution in [2.75, 3.05) is 34.0 Å². The molecule has 0 fully saturated rings. The molecule has 1 aromatic carbocycles. The van der Waals surface area contributed by atoms with E-state index in [9.17, 15) is 14.4 Å². The van der Waals surface area contributed by atoms with Gasteiger partial charge < -0.3 is 29.6 Å². The number of Topliss-reactive ketones (excluding diaryl/α,β-unsaturated/α-hetero) is 1. The van der Waals surface area contributed by atoms with Gasteiger partial charge >= 0.3 is 5.97 Å². The van der Waals surface area contributed by atoms with Crippen LogP contribution in [0.1, 0.15) is 33.5 Å². The third kappa shape index (κ3) is 4.57. The molecule has 0 radical (unpaired) electrons. The van der Waals surface area contributed by atoms with Gasteiger partial charge in [-0.2, -0.15) is 0 Å². The van der Waals surface area contributed by atoms with Crippen LogP contribution in [0.15, 0.2) is 18.2 Å². The highest BCUT2D eigenvalue weighted by Crippen LogP contribution is 2.39. The maximum atomic E-state index is 12.8. The average molecular weight is 404 g/mol. The number of aryl methyl sites for hydroxylation is 1. The fourth-order valence-electron chi connectivity index (χ4n) is 2.89. The van der Waals surface area contributed by atoms with Crippen LogP contribution in [0.2, 0.25) is 0 Å². The molecule has 29 heavy (non-hydrogen) atoms. The highest BCUT2D eigenvalue weighted by Gasteiger charge is 2.31. The minimum absolute atomic E-state index is 0.0732. The molecule has 156 valence electrons. The van der Waals surface area contributed by atoms with Gasteiger partial charge in [0.05, 0.1) is 33.0 Å². The minimum atomic E-state index is -0.913. The van der Waals surface area contributed by atoms with Gasteiger partial charge in [0.25, 0.3) is 11.7 Å². The Morgan fingerprint density at radius 2 is 1.90 bits per heavy atom. The summed E-state index contributed by atoms with van der Waals surface area (Å²) in [4.78, 5) is 40.4. The van der Waals surface area contributed by atoms with Crippen LogP contribution in [0.4, 0.5) is 0 Å². The Morgan fingerprint density at radius 3 is 2.48 bits per heavy atom. The maximum Gasteiger partial charge on any atom is 0.340 e. The smallest absolute Gasteiger partial charge is 0.340 e. The highest BCUT2D eigenvalue weighted by molar-refractivity contribution is 6.44. The van der Waals surface area contributed by atoms with Gasteiger partial charge in [0.1, 0.15) is 17.2 Å². The molecule has 0 saturated heterocycles. The normalized spacial score (nSPS) is 10.4. The van der Waals surface area contributed by atoms with Gasteiger partial charge in [-0.15, -0.1) is 0 Å². The molecule has 3 N–H and O–H groups in total. The molecule has 0 aliphatic heterocycles. The summed E-state index contributed by atoms with van der Waals surface area (Å²) < 4.78 is 15.7. The lowest BCUT2D eigenvalue weighted by Gasteiger charge is -2.13. The van der Waals surface area contributed by atoms with E-state index in [1.807, 2.05) is 0 Å². The first-order valence-electron chi connectivity index (χ1n) is 8.94. The number of rotatable bonds is 9. The van der Waals surface area contributed by atoms with Crippen LogP contribution in [-0.2, 0) is 9.53 Å². The van der Waals surface area contributed by atoms with Crippen molar-refractivity contribution in [2.24, 2.45) is 0 Å². The number of H-pyrrole nitrogens is 1. The number of amides is 1. The molecule has 2 rings (SSSR count). The molecular weight excluding hydrogens is 380 g/mol. The van der Waals surface area contributed by atoms with Gasteiger partial charge in [-0.1, -0.05) is 0 Å². The Labute approximate surface area is 168 Å². The summed E-state index contributed by atoms with van der Waals surface area (Å²) in [7, 11) is 2.94. The number of nitrogens with one attached hydrogen (secondary N) is 2. The number of esters is 1. The summed E-state index contributed by atoms with van der Waals surface area (Å²) in [5.74, 6) is -1.57. The molecule has 1 heterocycles. The SMILES string of the molecule is CCOC(=O)c1c(C)[nH]c(C(=O)C(=O)NCCO)c1-c1ccc(OC)cc1OC. The average Bonchev–Trinajstić information content (AvgIpc) is 3.07. The largest absolute Gasteiger partial charge is 0.497 e. The molecule has 0 atom stereocenters. The number of aromatic amines is 1. The number of carbonyl (C=O) groups is 3. The molecular formula is C20H24N2O7. The first-order valence-corrected chi connectivity index (χ1v) is 8.94. The standard InChI is InChI=1S/C20H24N2O7/c1-5-29-20(26)15-11(2)22-17(18(24)19(25)21-8-9-23)16(15)13-7-6-12(27-3)10-14(13)28-4/h6-7,10,22-23H,5,8-9H2,1-4H3,(H,21,25). The van der Waals surface area contributed by atoms with Crippen molar-refractivity contribution < 1.29 is 33.7 Å². The maximum absolute atomic E-state index is 12.8. The van der Waals surface area contributed by atoms with Gasteiger partial charge in [-0.3, -0.25) is 9.59 Å². The number of carbonyl (C=O) groups excluding carboxylic acids is 3. The number of ketones is 1. The summed E-state index contributed by atoms with van der Waals surface area (Å²) in [6.07, 6.45) is 0. The molecule has 0 bridgehead atoms. The highest BCUT2D eigenvalue weighted by atomic mass is 16.5. The molecule has 9 nitrogen and oxygen atoms in total. The predicted molar refractivity (Wildman–Crippen MR) is 104 cm³/mol. The van der Waals surface area contributed by atoms with Crippen LogP contribution >= 0.6 is 0 Å². The van der Waals surface area contributed by atoms with Gasteiger partial charge in [0, 0.05) is 29.4 Å². The zero-order valence-corrected chi connectivity index (χ0v) is 16.8. The number of hydrogen-bond donors (Lipinski definition) is 3. The van der Waals surface area contributed by atoms with Crippen molar-refractivity contribution in [1.82, 2.24) is 10.3 Å². The van der Waals surface area contributed by atoms with Crippen molar-refractivity contribution >= 4 is 17.7 Å². The number of methoxy groups -OCH3 is 2. The van der Waals surface area contributed by atoms with Crippen LogP contribution < -0.4 is 14.8 Å². The molecule has 0 saturated carbocycles. The molecule has 0 unspecified atom stereocenters. The predicted octanol–water partition coefficient (Wildman–Crippen LogP) is 1.48. The lowest BCUT2D eigenvalue weighted by Crippen LogP contribution is -2.33. The monoisotopic (exact) mass is 404 g/mol. The summed E-state index contributed by atoms with van der Waals surface area (Å²) in [6.45, 7) is 3.03.